The molecule has 2 N–H and O–H groups in total. The largest absolute Gasteiger partial charge is 0.339 e. The van der Waals surface area contributed by atoms with Gasteiger partial charge in [0, 0.05) is 69.0 Å². The highest BCUT2D eigenvalue weighted by Crippen LogP contribution is 2.31. The average Bonchev–Trinajstić information content (AvgIpc) is 3.59. The smallest absolute Gasteiger partial charge is 0.324 e. The van der Waals surface area contributed by atoms with E-state index in [4.69, 9.17) is 10.3 Å². The van der Waals surface area contributed by atoms with Gasteiger partial charge < -0.3 is 25.0 Å². The van der Waals surface area contributed by atoms with Crippen LogP contribution in [-0.2, 0) is 0 Å². The molecule has 2 atom stereocenters. The standard InChI is InChI=1S/C27H34F2N8O2.ClH/c1-4-37(19-7-9-35(10-8-19)27-33-24(16(2)3)34-39-27)25(38)17-12-31-26(32-13-17)36-14-21(23(30)15-36)20-11-18(28)5-6-22(20)29;/h5-6,11-13,16,19,21,23H,4,7-10,14-15,30H2,1-3H3;1H/t21-,23+;/m1./s1. The fourth-order valence-electron chi connectivity index (χ4n) is 5.41. The molecule has 1 aromatic carbocycles. The van der Waals surface area contributed by atoms with Crippen molar-refractivity contribution < 1.29 is 18.1 Å². The zero-order valence-corrected chi connectivity index (χ0v) is 23.7. The summed E-state index contributed by atoms with van der Waals surface area (Å²) >= 11 is 0. The van der Waals surface area contributed by atoms with Gasteiger partial charge >= 0.3 is 6.01 Å². The lowest BCUT2D eigenvalue weighted by molar-refractivity contribution is 0.0661. The van der Waals surface area contributed by atoms with E-state index >= 15 is 0 Å². The first kappa shape index (κ1) is 29.6. The zero-order valence-electron chi connectivity index (χ0n) is 22.8. The fourth-order valence-corrected chi connectivity index (χ4v) is 5.41. The molecule has 3 aromatic rings. The van der Waals surface area contributed by atoms with Crippen molar-refractivity contribution >= 4 is 30.3 Å². The second kappa shape index (κ2) is 12.4. The van der Waals surface area contributed by atoms with Crippen LogP contribution < -0.4 is 15.5 Å². The number of carbonyl (C=O) groups excluding carboxylic acids is 1. The number of nitrogens with two attached hydrogens (primary N) is 1. The first-order valence-corrected chi connectivity index (χ1v) is 13.4. The lowest BCUT2D eigenvalue weighted by Crippen LogP contribution is -2.47. The molecule has 5 rings (SSSR count). The summed E-state index contributed by atoms with van der Waals surface area (Å²) in [6.07, 6.45) is 4.61. The topological polar surface area (TPSA) is 118 Å². The van der Waals surface area contributed by atoms with Gasteiger partial charge in [-0.05, 0) is 43.5 Å². The Morgan fingerprint density at radius 2 is 1.85 bits per heavy atom. The third-order valence-corrected chi connectivity index (χ3v) is 7.62. The Morgan fingerprint density at radius 3 is 2.48 bits per heavy atom. The SMILES string of the molecule is CCN(C(=O)c1cnc(N2C[C@H](c3cc(F)ccc3F)[C@@H](N)C2)nc1)C1CCN(c2nc(C(C)C)no2)CC1.Cl. The maximum absolute atomic E-state index is 14.3. The molecule has 2 fully saturated rings. The number of nitrogens with zero attached hydrogens (tertiary/aromatic N) is 7. The summed E-state index contributed by atoms with van der Waals surface area (Å²) in [6, 6.07) is 3.60. The van der Waals surface area contributed by atoms with Crippen LogP contribution in [0.2, 0.25) is 0 Å². The lowest BCUT2D eigenvalue weighted by atomic mass is 9.94. The molecular formula is C27H35ClF2N8O2. The third kappa shape index (κ3) is 6.02. The maximum Gasteiger partial charge on any atom is 0.324 e. The van der Waals surface area contributed by atoms with Crippen molar-refractivity contribution in [3.05, 3.63) is 59.2 Å². The number of hydrogen-bond donors (Lipinski definition) is 1. The van der Waals surface area contributed by atoms with Crippen LogP contribution in [0.1, 0.15) is 67.2 Å². The normalized spacial score (nSPS) is 19.7. The van der Waals surface area contributed by atoms with E-state index in [1.807, 2.05) is 30.6 Å². The van der Waals surface area contributed by atoms with Crippen molar-refractivity contribution in [1.82, 2.24) is 25.0 Å². The van der Waals surface area contributed by atoms with Gasteiger partial charge in [0.1, 0.15) is 11.6 Å². The summed E-state index contributed by atoms with van der Waals surface area (Å²) in [4.78, 5) is 32.5. The number of anilines is 2. The second-order valence-corrected chi connectivity index (χ2v) is 10.5. The Morgan fingerprint density at radius 1 is 1.15 bits per heavy atom. The van der Waals surface area contributed by atoms with Gasteiger partial charge in [-0.25, -0.2) is 18.7 Å². The zero-order chi connectivity index (χ0) is 27.7. The molecule has 0 aliphatic carbocycles. The highest BCUT2D eigenvalue weighted by Gasteiger charge is 2.35. The fraction of sp³-hybridized carbons (Fsp3) is 0.519. The van der Waals surface area contributed by atoms with Gasteiger partial charge in [0.05, 0.1) is 5.56 Å². The molecule has 2 aliphatic rings. The molecule has 2 aliphatic heterocycles. The van der Waals surface area contributed by atoms with E-state index < -0.39 is 23.6 Å². The minimum atomic E-state index is -0.503. The Kier molecular flexibility index (Phi) is 9.19. The highest BCUT2D eigenvalue weighted by molar-refractivity contribution is 5.94. The molecule has 1 amide bonds. The van der Waals surface area contributed by atoms with E-state index in [-0.39, 0.29) is 35.8 Å². The monoisotopic (exact) mass is 576 g/mol. The van der Waals surface area contributed by atoms with Crippen molar-refractivity contribution in [1.29, 1.82) is 0 Å². The summed E-state index contributed by atoms with van der Waals surface area (Å²) in [5, 5.41) is 4.05. The van der Waals surface area contributed by atoms with Gasteiger partial charge in [0.15, 0.2) is 5.82 Å². The van der Waals surface area contributed by atoms with E-state index in [9.17, 15) is 13.6 Å². The molecule has 13 heteroatoms. The summed E-state index contributed by atoms with van der Waals surface area (Å²) < 4.78 is 33.5. The van der Waals surface area contributed by atoms with Crippen molar-refractivity contribution in [2.24, 2.45) is 5.73 Å². The molecule has 216 valence electrons. The predicted octanol–water partition coefficient (Wildman–Crippen LogP) is 3.75. The van der Waals surface area contributed by atoms with Gasteiger partial charge in [-0.3, -0.25) is 4.79 Å². The second-order valence-electron chi connectivity index (χ2n) is 10.5. The van der Waals surface area contributed by atoms with Crippen molar-refractivity contribution in [3.63, 3.8) is 0 Å². The van der Waals surface area contributed by atoms with Crippen molar-refractivity contribution in [2.75, 3.05) is 42.5 Å². The minimum Gasteiger partial charge on any atom is -0.339 e. The van der Waals surface area contributed by atoms with E-state index in [0.717, 1.165) is 25.0 Å². The van der Waals surface area contributed by atoms with E-state index in [0.29, 0.717) is 56.1 Å². The van der Waals surface area contributed by atoms with Gasteiger partial charge in [-0.15, -0.1) is 12.4 Å². The van der Waals surface area contributed by atoms with E-state index in [2.05, 4.69) is 25.0 Å². The molecule has 2 saturated heterocycles. The molecule has 10 nitrogen and oxygen atoms in total. The Balaban J connectivity index is 0.00000370. The van der Waals surface area contributed by atoms with Gasteiger partial charge in [-0.2, -0.15) is 4.98 Å². The van der Waals surface area contributed by atoms with Gasteiger partial charge in [0.2, 0.25) is 5.95 Å². The van der Waals surface area contributed by atoms with Crippen LogP contribution in [-0.4, -0.2) is 75.7 Å². The number of rotatable bonds is 7. The molecule has 0 radical (unpaired) electrons. The first-order valence-electron chi connectivity index (χ1n) is 13.4. The first-order chi connectivity index (χ1) is 18.7. The van der Waals surface area contributed by atoms with Gasteiger partial charge in [-0.1, -0.05) is 19.0 Å². The van der Waals surface area contributed by atoms with Crippen LogP contribution in [0.5, 0.6) is 0 Å². The number of amides is 1. The Labute approximate surface area is 238 Å². The number of halogens is 3. The summed E-state index contributed by atoms with van der Waals surface area (Å²) in [6.45, 7) is 8.74. The average molecular weight is 577 g/mol. The van der Waals surface area contributed by atoms with Crippen LogP contribution in [0.15, 0.2) is 35.1 Å². The van der Waals surface area contributed by atoms with E-state index in [1.165, 1.54) is 18.5 Å². The molecule has 0 unspecified atom stereocenters. The van der Waals surface area contributed by atoms with Crippen molar-refractivity contribution in [3.8, 4) is 0 Å². The van der Waals surface area contributed by atoms with Crippen LogP contribution in [0.25, 0.3) is 0 Å². The minimum absolute atomic E-state index is 0. The van der Waals surface area contributed by atoms with Crippen LogP contribution in [0.3, 0.4) is 0 Å². The van der Waals surface area contributed by atoms with Gasteiger partial charge in [0.25, 0.3) is 5.91 Å². The summed E-state index contributed by atoms with van der Waals surface area (Å²) in [5.41, 5.74) is 6.93. The molecule has 4 heterocycles. The predicted molar refractivity (Wildman–Crippen MR) is 149 cm³/mol. The molecular weight excluding hydrogens is 542 g/mol. The molecule has 40 heavy (non-hydrogen) atoms. The Bertz CT molecular complexity index is 1300. The van der Waals surface area contributed by atoms with Crippen molar-refractivity contribution in [2.45, 2.75) is 57.5 Å². The highest BCUT2D eigenvalue weighted by atomic mass is 35.5. The lowest BCUT2D eigenvalue weighted by Gasteiger charge is -2.37. The van der Waals surface area contributed by atoms with Crippen LogP contribution >= 0.6 is 12.4 Å². The number of aromatic nitrogens is 4. The maximum atomic E-state index is 14.3. The van der Waals surface area contributed by atoms with Crippen LogP contribution in [0.4, 0.5) is 20.7 Å². The Hall–Kier alpha value is -3.38. The molecule has 0 bridgehead atoms. The number of piperidine rings is 1. The number of carbonyl (C=O) groups is 1. The third-order valence-electron chi connectivity index (χ3n) is 7.62. The number of benzene rings is 1. The quantitative estimate of drug-likeness (QED) is 0.449. The van der Waals surface area contributed by atoms with Crippen LogP contribution in [0, 0.1) is 11.6 Å². The molecule has 0 saturated carbocycles. The number of hydrogen-bond acceptors (Lipinski definition) is 9. The molecule has 2 aromatic heterocycles. The van der Waals surface area contributed by atoms with E-state index in [1.54, 1.807) is 0 Å². The summed E-state index contributed by atoms with van der Waals surface area (Å²) in [5.74, 6) is -0.217. The molecule has 0 spiro atoms. The summed E-state index contributed by atoms with van der Waals surface area (Å²) in [7, 11) is 0.